The van der Waals surface area contributed by atoms with Crippen molar-refractivity contribution in [3.8, 4) is 0 Å². The molecular weight excluding hydrogens is 250 g/mol. The van der Waals surface area contributed by atoms with Gasteiger partial charge in [-0.2, -0.15) is 15.4 Å². The van der Waals surface area contributed by atoms with Gasteiger partial charge in [0.15, 0.2) is 5.69 Å². The average molecular weight is 261 g/mol. The minimum absolute atomic E-state index is 0.248. The Hall–Kier alpha value is -2.28. The number of rotatable bonds is 3. The van der Waals surface area contributed by atoms with E-state index in [1.807, 2.05) is 0 Å². The van der Waals surface area contributed by atoms with Gasteiger partial charge in [0.1, 0.15) is 4.99 Å². The van der Waals surface area contributed by atoms with Gasteiger partial charge in [0.05, 0.1) is 6.20 Å². The largest absolute Gasteiger partial charge is 0.389 e. The lowest BCUT2D eigenvalue weighted by atomic mass is 10.2. The highest BCUT2D eigenvalue weighted by atomic mass is 32.1. The Morgan fingerprint density at radius 1 is 1.50 bits per heavy atom. The lowest BCUT2D eigenvalue weighted by Crippen LogP contribution is -2.27. The van der Waals surface area contributed by atoms with Crippen LogP contribution in [0.1, 0.15) is 16.1 Å². The number of carbonyl (C=O) groups is 1. The third kappa shape index (κ3) is 2.35. The summed E-state index contributed by atoms with van der Waals surface area (Å²) in [5.41, 5.74) is 7.20. The lowest BCUT2D eigenvalue weighted by molar-refractivity contribution is 0.0988. The van der Waals surface area contributed by atoms with E-state index >= 15 is 0 Å². The molecule has 92 valence electrons. The van der Waals surface area contributed by atoms with Crippen LogP contribution in [0.4, 0.5) is 5.69 Å². The fraction of sp³-hybridized carbons (Fsp3) is 0.0909. The summed E-state index contributed by atoms with van der Waals surface area (Å²) in [7, 11) is 1.65. The van der Waals surface area contributed by atoms with Crippen LogP contribution in [0.5, 0.6) is 0 Å². The number of carbonyl (C=O) groups excluding carboxylic acids is 1. The molecule has 0 aliphatic carbocycles. The van der Waals surface area contributed by atoms with Gasteiger partial charge in [0.2, 0.25) is 0 Å². The molecule has 7 heteroatoms. The Balaban J connectivity index is 2.29. The molecule has 1 heterocycles. The number of nitrogens with two attached hydrogens (primary N) is 1. The van der Waals surface area contributed by atoms with Crippen LogP contribution in [-0.2, 0) is 0 Å². The van der Waals surface area contributed by atoms with Gasteiger partial charge in [-0.3, -0.25) is 4.79 Å². The van der Waals surface area contributed by atoms with Gasteiger partial charge in [-0.1, -0.05) is 24.4 Å². The number of amides is 1. The number of hydrogen-bond donors (Lipinski definition) is 2. The highest BCUT2D eigenvalue weighted by Gasteiger charge is 2.16. The minimum atomic E-state index is -0.260. The number of thiocarbonyl (C=S) groups is 1. The van der Waals surface area contributed by atoms with Crippen molar-refractivity contribution < 1.29 is 4.79 Å². The number of benzene rings is 1. The molecule has 0 bridgehead atoms. The Morgan fingerprint density at radius 2 is 2.28 bits per heavy atom. The van der Waals surface area contributed by atoms with Crippen LogP contribution in [0.15, 0.2) is 30.5 Å². The van der Waals surface area contributed by atoms with E-state index < -0.39 is 0 Å². The number of anilines is 1. The van der Waals surface area contributed by atoms with Crippen molar-refractivity contribution in [2.45, 2.75) is 0 Å². The normalized spacial score (nSPS) is 10.1. The lowest BCUT2D eigenvalue weighted by Gasteiger charge is -2.16. The standard InChI is InChI=1S/C11H11N5OS/c1-16(11(17)9-6-13-15-14-9)8-4-2-3-7(5-8)10(12)18/h2-6H,1H3,(H2,12,18)(H,13,14,15). The number of aromatic nitrogens is 3. The maximum atomic E-state index is 12.0. The molecule has 0 fully saturated rings. The van der Waals surface area contributed by atoms with Gasteiger partial charge in [-0.05, 0) is 12.1 Å². The molecule has 18 heavy (non-hydrogen) atoms. The second kappa shape index (κ2) is 4.92. The van der Waals surface area contributed by atoms with Crippen molar-refractivity contribution in [1.82, 2.24) is 15.4 Å². The molecule has 0 saturated heterocycles. The minimum Gasteiger partial charge on any atom is -0.389 e. The van der Waals surface area contributed by atoms with Gasteiger partial charge in [-0.25, -0.2) is 0 Å². The van der Waals surface area contributed by atoms with Crippen molar-refractivity contribution >= 4 is 28.8 Å². The molecule has 3 N–H and O–H groups in total. The maximum absolute atomic E-state index is 12.0. The number of aromatic amines is 1. The molecule has 1 aromatic heterocycles. The van der Waals surface area contributed by atoms with E-state index in [1.165, 1.54) is 11.1 Å². The van der Waals surface area contributed by atoms with Crippen LogP contribution >= 0.6 is 12.2 Å². The van der Waals surface area contributed by atoms with Gasteiger partial charge in [0.25, 0.3) is 5.91 Å². The number of nitrogens with one attached hydrogen (secondary N) is 1. The van der Waals surface area contributed by atoms with E-state index in [4.69, 9.17) is 18.0 Å². The van der Waals surface area contributed by atoms with Crippen LogP contribution in [0, 0.1) is 0 Å². The molecule has 1 aromatic carbocycles. The SMILES string of the molecule is CN(C(=O)c1cn[nH]n1)c1cccc(C(N)=S)c1. The number of hydrogen-bond acceptors (Lipinski definition) is 4. The zero-order valence-corrected chi connectivity index (χ0v) is 10.4. The van der Waals surface area contributed by atoms with E-state index in [2.05, 4.69) is 15.4 Å². The molecule has 2 aromatic rings. The predicted octanol–water partition coefficient (Wildman–Crippen LogP) is 0.716. The summed E-state index contributed by atoms with van der Waals surface area (Å²) in [6.45, 7) is 0. The highest BCUT2D eigenvalue weighted by molar-refractivity contribution is 7.80. The first-order valence-corrected chi connectivity index (χ1v) is 5.54. The zero-order chi connectivity index (χ0) is 13.1. The van der Waals surface area contributed by atoms with Gasteiger partial charge in [0, 0.05) is 18.3 Å². The highest BCUT2D eigenvalue weighted by Crippen LogP contribution is 2.16. The first kappa shape index (κ1) is 12.2. The molecule has 0 unspecified atom stereocenters. The first-order chi connectivity index (χ1) is 8.59. The van der Waals surface area contributed by atoms with Crippen LogP contribution in [0.2, 0.25) is 0 Å². The molecule has 2 rings (SSSR count). The van der Waals surface area contributed by atoms with Crippen LogP contribution in [-0.4, -0.2) is 33.4 Å². The van der Waals surface area contributed by atoms with Crippen molar-refractivity contribution in [2.75, 3.05) is 11.9 Å². The van der Waals surface area contributed by atoms with E-state index in [9.17, 15) is 4.79 Å². The number of H-pyrrole nitrogens is 1. The van der Waals surface area contributed by atoms with E-state index in [0.29, 0.717) is 16.2 Å². The average Bonchev–Trinajstić information content (AvgIpc) is 2.91. The zero-order valence-electron chi connectivity index (χ0n) is 9.62. The van der Waals surface area contributed by atoms with Crippen molar-refractivity contribution in [2.24, 2.45) is 5.73 Å². The van der Waals surface area contributed by atoms with E-state index in [-0.39, 0.29) is 11.6 Å². The monoisotopic (exact) mass is 261 g/mol. The smallest absolute Gasteiger partial charge is 0.280 e. The van der Waals surface area contributed by atoms with Crippen molar-refractivity contribution in [3.63, 3.8) is 0 Å². The Bertz CT molecular complexity index is 581. The van der Waals surface area contributed by atoms with Crippen LogP contribution < -0.4 is 10.6 Å². The first-order valence-electron chi connectivity index (χ1n) is 5.13. The third-order valence-electron chi connectivity index (χ3n) is 2.46. The molecule has 0 spiro atoms. The summed E-state index contributed by atoms with van der Waals surface area (Å²) >= 11 is 4.90. The predicted molar refractivity (Wildman–Crippen MR) is 71.4 cm³/mol. The van der Waals surface area contributed by atoms with E-state index in [0.717, 1.165) is 0 Å². The molecular formula is C11H11N5OS. The van der Waals surface area contributed by atoms with Gasteiger partial charge >= 0.3 is 0 Å². The molecule has 0 radical (unpaired) electrons. The topological polar surface area (TPSA) is 87.9 Å². The quantitative estimate of drug-likeness (QED) is 0.795. The van der Waals surface area contributed by atoms with E-state index in [1.54, 1.807) is 31.3 Å². The summed E-state index contributed by atoms with van der Waals surface area (Å²) in [4.78, 5) is 13.8. The van der Waals surface area contributed by atoms with Crippen LogP contribution in [0.3, 0.4) is 0 Å². The van der Waals surface area contributed by atoms with Crippen molar-refractivity contribution in [3.05, 3.63) is 41.7 Å². The molecule has 0 aliphatic heterocycles. The fourth-order valence-electron chi connectivity index (χ4n) is 1.46. The third-order valence-corrected chi connectivity index (χ3v) is 2.69. The van der Waals surface area contributed by atoms with Gasteiger partial charge in [-0.15, -0.1) is 0 Å². The molecule has 0 atom stereocenters. The summed E-state index contributed by atoms with van der Waals surface area (Å²) in [5.74, 6) is -0.260. The summed E-state index contributed by atoms with van der Waals surface area (Å²) in [6, 6.07) is 7.12. The second-order valence-electron chi connectivity index (χ2n) is 3.63. The molecule has 6 nitrogen and oxygen atoms in total. The maximum Gasteiger partial charge on any atom is 0.280 e. The Labute approximate surface area is 109 Å². The molecule has 0 aliphatic rings. The van der Waals surface area contributed by atoms with Crippen molar-refractivity contribution in [1.29, 1.82) is 0 Å². The van der Waals surface area contributed by atoms with Gasteiger partial charge < -0.3 is 10.6 Å². The molecule has 1 amide bonds. The number of nitrogens with zero attached hydrogens (tertiary/aromatic N) is 3. The summed E-state index contributed by atoms with van der Waals surface area (Å²) in [6.07, 6.45) is 1.37. The fourth-order valence-corrected chi connectivity index (χ4v) is 1.59. The van der Waals surface area contributed by atoms with Crippen LogP contribution in [0.25, 0.3) is 0 Å². The second-order valence-corrected chi connectivity index (χ2v) is 4.07. The Morgan fingerprint density at radius 3 is 2.89 bits per heavy atom. The Kier molecular flexibility index (Phi) is 3.33. The summed E-state index contributed by atoms with van der Waals surface area (Å²) in [5, 5.41) is 9.74. The summed E-state index contributed by atoms with van der Waals surface area (Å²) < 4.78 is 0. The molecule has 0 saturated carbocycles.